The van der Waals surface area contributed by atoms with Gasteiger partial charge in [0.05, 0.1) is 0 Å². The lowest BCUT2D eigenvalue weighted by atomic mass is 10.1. The van der Waals surface area contributed by atoms with E-state index in [4.69, 9.17) is 0 Å². The van der Waals surface area contributed by atoms with Gasteiger partial charge in [-0.2, -0.15) is 0 Å². The summed E-state index contributed by atoms with van der Waals surface area (Å²) in [4.78, 5) is 13.6. The van der Waals surface area contributed by atoms with Gasteiger partial charge < -0.3 is 4.90 Å². The summed E-state index contributed by atoms with van der Waals surface area (Å²) in [6, 6.07) is 9.84. The fourth-order valence-electron chi connectivity index (χ4n) is 1.87. The summed E-state index contributed by atoms with van der Waals surface area (Å²) in [6.45, 7) is 4.33. The lowest BCUT2D eigenvalue weighted by Gasteiger charge is -2.26. The van der Waals surface area contributed by atoms with Gasteiger partial charge in [-0.1, -0.05) is 30.3 Å². The lowest BCUT2D eigenvalue weighted by molar-refractivity contribution is -0.130. The summed E-state index contributed by atoms with van der Waals surface area (Å²) >= 11 is 0. The van der Waals surface area contributed by atoms with Crippen LogP contribution in [0.4, 0.5) is 0 Å². The third-order valence-corrected chi connectivity index (χ3v) is 3.58. The Morgan fingerprint density at radius 2 is 1.79 bits per heavy atom. The van der Waals surface area contributed by atoms with Crippen LogP contribution in [0, 0.1) is 0 Å². The first kappa shape index (κ1) is 15.7. The minimum Gasteiger partial charge on any atom is -0.339 e. The highest BCUT2D eigenvalue weighted by molar-refractivity contribution is 7.91. The van der Waals surface area contributed by atoms with Gasteiger partial charge in [0.1, 0.15) is 5.75 Å². The van der Waals surface area contributed by atoms with Crippen LogP contribution in [0.15, 0.2) is 30.3 Å². The van der Waals surface area contributed by atoms with E-state index < -0.39 is 15.6 Å². The monoisotopic (exact) mass is 283 g/mol. The van der Waals surface area contributed by atoms with Gasteiger partial charge in [0.15, 0.2) is 9.84 Å². The zero-order valence-electron chi connectivity index (χ0n) is 11.7. The van der Waals surface area contributed by atoms with Gasteiger partial charge in [-0.05, 0) is 25.8 Å². The van der Waals surface area contributed by atoms with E-state index in [9.17, 15) is 13.2 Å². The molecule has 0 unspecified atom stereocenters. The molecule has 19 heavy (non-hydrogen) atoms. The number of carbonyl (C=O) groups is 1. The molecule has 0 aliphatic carbocycles. The Morgan fingerprint density at radius 1 is 1.21 bits per heavy atom. The molecule has 0 atom stereocenters. The molecule has 0 N–H and O–H groups in total. The van der Waals surface area contributed by atoms with Crippen LogP contribution < -0.4 is 0 Å². The molecule has 4 nitrogen and oxygen atoms in total. The zero-order valence-corrected chi connectivity index (χ0v) is 12.5. The molecule has 106 valence electrons. The number of rotatable bonds is 6. The number of benzene rings is 1. The summed E-state index contributed by atoms with van der Waals surface area (Å²) in [6.07, 6.45) is 1.81. The largest absolute Gasteiger partial charge is 0.339 e. The molecule has 0 aliphatic rings. The molecule has 1 aromatic carbocycles. The van der Waals surface area contributed by atoms with Crippen molar-refractivity contribution < 1.29 is 13.2 Å². The lowest BCUT2D eigenvalue weighted by Crippen LogP contribution is -2.41. The van der Waals surface area contributed by atoms with Crippen molar-refractivity contribution in [1.29, 1.82) is 0 Å². The highest BCUT2D eigenvalue weighted by Crippen LogP contribution is 2.06. The maximum atomic E-state index is 12.0. The van der Waals surface area contributed by atoms with Gasteiger partial charge in [0.2, 0.25) is 5.91 Å². The Balaban J connectivity index is 2.66. The minimum absolute atomic E-state index is 0.00189. The van der Waals surface area contributed by atoms with Crippen LogP contribution in [0.25, 0.3) is 0 Å². The number of sulfone groups is 1. The van der Waals surface area contributed by atoms with E-state index >= 15 is 0 Å². The Hall–Kier alpha value is -1.36. The predicted octanol–water partition coefficient (Wildman–Crippen LogP) is 1.51. The Bertz CT molecular complexity index is 509. The highest BCUT2D eigenvalue weighted by Gasteiger charge is 2.20. The Labute approximate surface area is 115 Å². The van der Waals surface area contributed by atoms with Crippen LogP contribution in [0.3, 0.4) is 0 Å². The van der Waals surface area contributed by atoms with Crippen molar-refractivity contribution in [3.63, 3.8) is 0 Å². The molecule has 0 fully saturated rings. The first-order valence-corrected chi connectivity index (χ1v) is 8.37. The van der Waals surface area contributed by atoms with Crippen LogP contribution in [0.1, 0.15) is 19.4 Å². The maximum Gasteiger partial charge on any atom is 0.237 e. The number of nitrogens with zero attached hydrogens (tertiary/aromatic N) is 1. The molecule has 0 saturated heterocycles. The standard InChI is InChI=1S/C14H21NO3S/c1-12(2)15(14(16)11-19(3,17)18)10-9-13-7-5-4-6-8-13/h4-8,12H,9-11H2,1-3H3. The molecule has 1 rings (SSSR count). The molecule has 0 spiro atoms. The normalized spacial score (nSPS) is 11.6. The van der Waals surface area contributed by atoms with Crippen molar-refractivity contribution in [3.8, 4) is 0 Å². The van der Waals surface area contributed by atoms with Gasteiger partial charge in [0.25, 0.3) is 0 Å². The molecule has 0 heterocycles. The molecule has 0 aromatic heterocycles. The van der Waals surface area contributed by atoms with Crippen LogP contribution in [-0.4, -0.2) is 43.8 Å². The second-order valence-electron chi connectivity index (χ2n) is 4.99. The quantitative estimate of drug-likeness (QED) is 0.795. The van der Waals surface area contributed by atoms with E-state index in [1.165, 1.54) is 0 Å². The first-order chi connectivity index (χ1) is 8.79. The average Bonchev–Trinajstić information content (AvgIpc) is 2.27. The summed E-state index contributed by atoms with van der Waals surface area (Å²) in [5.41, 5.74) is 1.14. The molecule has 0 saturated carbocycles. The fraction of sp³-hybridized carbons (Fsp3) is 0.500. The van der Waals surface area contributed by atoms with Gasteiger partial charge in [-0.15, -0.1) is 0 Å². The minimum atomic E-state index is -3.28. The number of amides is 1. The SMILES string of the molecule is CC(C)N(CCc1ccccc1)C(=O)CS(C)(=O)=O. The molecule has 5 heteroatoms. The average molecular weight is 283 g/mol. The van der Waals surface area contributed by atoms with E-state index in [2.05, 4.69) is 0 Å². The molecule has 0 aliphatic heterocycles. The number of carbonyl (C=O) groups excluding carboxylic acids is 1. The zero-order chi connectivity index (χ0) is 14.5. The molecule has 1 amide bonds. The van der Waals surface area contributed by atoms with E-state index in [1.807, 2.05) is 44.2 Å². The van der Waals surface area contributed by atoms with E-state index in [0.29, 0.717) is 6.54 Å². The molecule has 1 aromatic rings. The molecule has 0 bridgehead atoms. The van der Waals surface area contributed by atoms with Gasteiger partial charge in [-0.3, -0.25) is 4.79 Å². The predicted molar refractivity (Wildman–Crippen MR) is 76.7 cm³/mol. The van der Waals surface area contributed by atoms with Crippen molar-refractivity contribution in [1.82, 2.24) is 4.90 Å². The van der Waals surface area contributed by atoms with Crippen molar-refractivity contribution in [2.45, 2.75) is 26.3 Å². The first-order valence-electron chi connectivity index (χ1n) is 6.30. The summed E-state index contributed by atoms with van der Waals surface area (Å²) in [5.74, 6) is -0.742. The van der Waals surface area contributed by atoms with Gasteiger partial charge >= 0.3 is 0 Å². The second kappa shape index (κ2) is 6.70. The van der Waals surface area contributed by atoms with Gasteiger partial charge in [-0.25, -0.2) is 8.42 Å². The van der Waals surface area contributed by atoms with Crippen LogP contribution in [0.2, 0.25) is 0 Å². The number of hydrogen-bond acceptors (Lipinski definition) is 3. The molecular weight excluding hydrogens is 262 g/mol. The van der Waals surface area contributed by atoms with Crippen molar-refractivity contribution >= 4 is 15.7 Å². The third-order valence-electron chi connectivity index (χ3n) is 2.81. The molecular formula is C14H21NO3S. The second-order valence-corrected chi connectivity index (χ2v) is 7.13. The van der Waals surface area contributed by atoms with Gasteiger partial charge in [0, 0.05) is 18.8 Å². The van der Waals surface area contributed by atoms with Crippen molar-refractivity contribution in [3.05, 3.63) is 35.9 Å². The topological polar surface area (TPSA) is 54.5 Å². The van der Waals surface area contributed by atoms with Crippen molar-refractivity contribution in [2.24, 2.45) is 0 Å². The Morgan fingerprint density at radius 3 is 2.26 bits per heavy atom. The summed E-state index contributed by atoms with van der Waals surface area (Å²) in [7, 11) is -3.28. The van der Waals surface area contributed by atoms with E-state index in [0.717, 1.165) is 18.2 Å². The summed E-state index contributed by atoms with van der Waals surface area (Å²) in [5, 5.41) is 0. The highest BCUT2D eigenvalue weighted by atomic mass is 32.2. The van der Waals surface area contributed by atoms with E-state index in [1.54, 1.807) is 4.90 Å². The third kappa shape index (κ3) is 5.87. The number of hydrogen-bond donors (Lipinski definition) is 0. The van der Waals surface area contributed by atoms with E-state index in [-0.39, 0.29) is 11.9 Å². The van der Waals surface area contributed by atoms with Crippen LogP contribution in [-0.2, 0) is 21.1 Å². The van der Waals surface area contributed by atoms with Crippen molar-refractivity contribution in [2.75, 3.05) is 18.6 Å². The van der Waals surface area contributed by atoms with Crippen LogP contribution >= 0.6 is 0 Å². The fourth-order valence-corrected chi connectivity index (χ4v) is 2.49. The Kier molecular flexibility index (Phi) is 5.54. The molecule has 0 radical (unpaired) electrons. The smallest absolute Gasteiger partial charge is 0.237 e. The van der Waals surface area contributed by atoms with Crippen LogP contribution in [0.5, 0.6) is 0 Å². The maximum absolute atomic E-state index is 12.0. The summed E-state index contributed by atoms with van der Waals surface area (Å²) < 4.78 is 22.4.